The fraction of sp³-hybridized carbons (Fsp3) is 0.167. The Kier molecular flexibility index (Phi) is 3.02. The minimum absolute atomic E-state index is 0.426. The van der Waals surface area contributed by atoms with Gasteiger partial charge in [-0.15, -0.1) is 0 Å². The van der Waals surface area contributed by atoms with Crippen LogP contribution in [0, 0.1) is 0 Å². The quantitative estimate of drug-likeness (QED) is 0.538. The summed E-state index contributed by atoms with van der Waals surface area (Å²) in [5.74, 6) is -0.905. The molecule has 0 aliphatic rings. The van der Waals surface area contributed by atoms with Crippen LogP contribution in [-0.4, -0.2) is 31.5 Å². The molecule has 0 saturated carbocycles. The molecule has 0 amide bonds. The topological polar surface area (TPSA) is 86.2 Å². The van der Waals surface area contributed by atoms with Crippen LogP contribution in [0.15, 0.2) is 17.4 Å². The van der Waals surface area contributed by atoms with Gasteiger partial charge in [-0.2, -0.15) is 0 Å². The van der Waals surface area contributed by atoms with E-state index in [2.05, 4.69) is 14.7 Å². The number of methoxy groups -OCH3 is 1. The summed E-state index contributed by atoms with van der Waals surface area (Å²) in [7, 11) is 2.03. The summed E-state index contributed by atoms with van der Waals surface area (Å²) < 4.78 is 26.2. The molecule has 14 heavy (non-hydrogen) atoms. The summed E-state index contributed by atoms with van der Waals surface area (Å²) in [5.41, 5.74) is -0.426. The number of ether oxygens (including phenoxy) is 1. The lowest BCUT2D eigenvalue weighted by Crippen LogP contribution is -2.11. The van der Waals surface area contributed by atoms with Gasteiger partial charge >= 0.3 is 5.97 Å². The van der Waals surface area contributed by atoms with Gasteiger partial charge in [-0.25, -0.2) is 23.2 Å². The maximum atomic E-state index is 11.0. The Balaban J connectivity index is 3.38. The number of nitrogens with zero attached hydrogens (tertiary/aromatic N) is 2. The van der Waals surface area contributed by atoms with Crippen LogP contribution in [0.1, 0.15) is 10.5 Å². The number of carbonyl (C=O) groups is 1. The van der Waals surface area contributed by atoms with Gasteiger partial charge in [-0.1, -0.05) is 0 Å². The van der Waals surface area contributed by atoms with Crippen LogP contribution in [0.3, 0.4) is 0 Å². The van der Waals surface area contributed by atoms with Gasteiger partial charge in [0.2, 0.25) is 5.03 Å². The lowest BCUT2D eigenvalue weighted by atomic mass is 10.4. The molecule has 0 fully saturated rings. The zero-order valence-electron chi connectivity index (χ0n) is 6.97. The first-order valence-electron chi connectivity index (χ1n) is 3.31. The van der Waals surface area contributed by atoms with E-state index in [1.54, 1.807) is 0 Å². The van der Waals surface area contributed by atoms with Gasteiger partial charge in [0.05, 0.1) is 7.11 Å². The molecule has 0 N–H and O–H groups in total. The number of rotatable bonds is 2. The minimum Gasteiger partial charge on any atom is -0.464 e. The minimum atomic E-state index is -4.09. The Labute approximate surface area is 84.3 Å². The Morgan fingerprint density at radius 3 is 2.50 bits per heavy atom. The molecule has 1 rings (SSSR count). The van der Waals surface area contributed by atoms with Gasteiger partial charge < -0.3 is 4.74 Å². The molecular weight excluding hydrogens is 232 g/mol. The van der Waals surface area contributed by atoms with Crippen molar-refractivity contribution in [3.63, 3.8) is 0 Å². The van der Waals surface area contributed by atoms with E-state index in [1.807, 2.05) is 0 Å². The number of hydrogen-bond acceptors (Lipinski definition) is 6. The highest BCUT2D eigenvalue weighted by atomic mass is 35.7. The van der Waals surface area contributed by atoms with Crippen molar-refractivity contribution >= 4 is 25.7 Å². The zero-order chi connectivity index (χ0) is 10.8. The summed E-state index contributed by atoms with van der Waals surface area (Å²) in [6.45, 7) is 0. The van der Waals surface area contributed by atoms with Crippen LogP contribution < -0.4 is 0 Å². The molecule has 1 aromatic rings. The Morgan fingerprint density at radius 2 is 2.00 bits per heavy atom. The van der Waals surface area contributed by atoms with Crippen LogP contribution in [-0.2, 0) is 13.8 Å². The fourth-order valence-corrected chi connectivity index (χ4v) is 1.63. The molecule has 0 spiro atoms. The summed E-state index contributed by atoms with van der Waals surface area (Å²) in [6.07, 6.45) is 2.28. The highest BCUT2D eigenvalue weighted by Crippen LogP contribution is 2.15. The third-order valence-corrected chi connectivity index (χ3v) is 2.47. The molecule has 0 aromatic carbocycles. The molecule has 8 heteroatoms. The van der Waals surface area contributed by atoms with E-state index in [1.165, 1.54) is 0 Å². The third kappa shape index (κ3) is 2.18. The highest BCUT2D eigenvalue weighted by molar-refractivity contribution is 8.13. The number of hydrogen-bond donors (Lipinski definition) is 0. The van der Waals surface area contributed by atoms with E-state index in [9.17, 15) is 13.2 Å². The SMILES string of the molecule is COC(=O)c1nccnc1S(=O)(=O)Cl. The van der Waals surface area contributed by atoms with Gasteiger partial charge in [0.15, 0.2) is 5.69 Å². The predicted octanol–water partition coefficient (Wildman–Crippen LogP) is 0.191. The van der Waals surface area contributed by atoms with Crippen molar-refractivity contribution in [1.29, 1.82) is 0 Å². The van der Waals surface area contributed by atoms with E-state index in [0.29, 0.717) is 0 Å². The van der Waals surface area contributed by atoms with Crippen molar-refractivity contribution in [2.24, 2.45) is 0 Å². The predicted molar refractivity (Wildman–Crippen MR) is 46.4 cm³/mol. The highest BCUT2D eigenvalue weighted by Gasteiger charge is 2.23. The maximum absolute atomic E-state index is 11.0. The van der Waals surface area contributed by atoms with Crippen LogP contribution >= 0.6 is 10.7 Å². The molecule has 0 atom stereocenters. The van der Waals surface area contributed by atoms with Gasteiger partial charge in [0.25, 0.3) is 9.05 Å². The van der Waals surface area contributed by atoms with Crippen LogP contribution in [0.25, 0.3) is 0 Å². The Hall–Kier alpha value is -1.21. The van der Waals surface area contributed by atoms with Crippen molar-refractivity contribution in [1.82, 2.24) is 9.97 Å². The monoisotopic (exact) mass is 236 g/mol. The lowest BCUT2D eigenvalue weighted by Gasteiger charge is -2.01. The van der Waals surface area contributed by atoms with E-state index in [4.69, 9.17) is 10.7 Å². The maximum Gasteiger partial charge on any atom is 0.359 e. The first-order valence-corrected chi connectivity index (χ1v) is 5.61. The number of aromatic nitrogens is 2. The molecule has 6 nitrogen and oxygen atoms in total. The summed E-state index contributed by atoms with van der Waals surface area (Å²) in [6, 6.07) is 0. The number of esters is 1. The summed E-state index contributed by atoms with van der Waals surface area (Å²) in [5, 5.41) is -0.603. The molecule has 0 bridgehead atoms. The molecule has 76 valence electrons. The molecular formula is C6H5ClN2O4S. The van der Waals surface area contributed by atoms with Crippen molar-refractivity contribution < 1.29 is 17.9 Å². The molecule has 0 radical (unpaired) electrons. The van der Waals surface area contributed by atoms with Crippen LogP contribution in [0.2, 0.25) is 0 Å². The first kappa shape index (κ1) is 10.9. The van der Waals surface area contributed by atoms with Gasteiger partial charge in [0.1, 0.15) is 0 Å². The number of carbonyl (C=O) groups excluding carboxylic acids is 1. The second-order valence-electron chi connectivity index (χ2n) is 2.14. The molecule has 0 aliphatic heterocycles. The molecule has 1 aromatic heterocycles. The average Bonchev–Trinajstić information content (AvgIpc) is 2.15. The normalized spacial score (nSPS) is 11.0. The van der Waals surface area contributed by atoms with Crippen LogP contribution in [0.4, 0.5) is 0 Å². The van der Waals surface area contributed by atoms with Gasteiger partial charge in [-0.05, 0) is 0 Å². The average molecular weight is 237 g/mol. The molecule has 1 heterocycles. The van der Waals surface area contributed by atoms with E-state index >= 15 is 0 Å². The van der Waals surface area contributed by atoms with E-state index < -0.39 is 25.7 Å². The molecule has 0 unspecified atom stereocenters. The Bertz CT molecular complexity index is 459. The smallest absolute Gasteiger partial charge is 0.359 e. The fourth-order valence-electron chi connectivity index (χ4n) is 0.740. The van der Waals surface area contributed by atoms with E-state index in [-0.39, 0.29) is 0 Å². The van der Waals surface area contributed by atoms with Crippen molar-refractivity contribution in [3.05, 3.63) is 18.1 Å². The van der Waals surface area contributed by atoms with Crippen molar-refractivity contribution in [2.45, 2.75) is 5.03 Å². The van der Waals surface area contributed by atoms with Gasteiger partial charge in [-0.3, -0.25) is 0 Å². The summed E-state index contributed by atoms with van der Waals surface area (Å²) >= 11 is 0. The lowest BCUT2D eigenvalue weighted by molar-refractivity contribution is 0.0588. The Morgan fingerprint density at radius 1 is 1.43 bits per heavy atom. The standard InChI is InChI=1S/C6H5ClN2O4S/c1-13-6(10)4-5(14(7,11)12)9-3-2-8-4/h2-3H,1H3. The second kappa shape index (κ2) is 3.89. The van der Waals surface area contributed by atoms with Gasteiger partial charge in [0, 0.05) is 23.1 Å². The summed E-state index contributed by atoms with van der Waals surface area (Å²) in [4.78, 5) is 18.0. The number of halogens is 1. The zero-order valence-corrected chi connectivity index (χ0v) is 8.54. The molecule has 0 saturated heterocycles. The van der Waals surface area contributed by atoms with Crippen molar-refractivity contribution in [2.75, 3.05) is 7.11 Å². The first-order chi connectivity index (χ1) is 6.46. The largest absolute Gasteiger partial charge is 0.464 e. The second-order valence-corrected chi connectivity index (χ2v) is 4.62. The third-order valence-electron chi connectivity index (χ3n) is 1.27. The van der Waals surface area contributed by atoms with Crippen LogP contribution in [0.5, 0.6) is 0 Å². The molecule has 0 aliphatic carbocycles. The van der Waals surface area contributed by atoms with E-state index in [0.717, 1.165) is 19.5 Å². The van der Waals surface area contributed by atoms with Crippen molar-refractivity contribution in [3.8, 4) is 0 Å².